The maximum absolute atomic E-state index is 4.32. The lowest BCUT2D eigenvalue weighted by Gasteiger charge is -2.18. The summed E-state index contributed by atoms with van der Waals surface area (Å²) in [6, 6.07) is 0. The van der Waals surface area contributed by atoms with Crippen molar-refractivity contribution in [3.05, 3.63) is 11.8 Å². The van der Waals surface area contributed by atoms with Gasteiger partial charge in [0.2, 0.25) is 0 Å². The standard InChI is InChI=1S/C11H22BN/c1-9(10(2,3)4)7-13-8-11(5,6)12/h7-8H,12H2,1-6H3/b9-7-,13-8-. The van der Waals surface area contributed by atoms with Crippen LogP contribution in [0.4, 0.5) is 0 Å². The molecule has 2 heteroatoms. The molecule has 0 atom stereocenters. The molecule has 0 amide bonds. The minimum Gasteiger partial charge on any atom is -0.269 e. The smallest absolute Gasteiger partial charge is 0.115 e. The lowest BCUT2D eigenvalue weighted by atomic mass is 9.74. The first-order chi connectivity index (χ1) is 5.63. The summed E-state index contributed by atoms with van der Waals surface area (Å²) in [6.45, 7) is 13.0. The molecule has 0 heterocycles. The van der Waals surface area contributed by atoms with Gasteiger partial charge < -0.3 is 0 Å². The van der Waals surface area contributed by atoms with Crippen LogP contribution in [0.15, 0.2) is 16.8 Å². The average molecular weight is 179 g/mol. The van der Waals surface area contributed by atoms with Gasteiger partial charge in [-0.3, -0.25) is 4.99 Å². The molecule has 0 aliphatic rings. The summed E-state index contributed by atoms with van der Waals surface area (Å²) < 4.78 is 0. The predicted octanol–water partition coefficient (Wildman–Crippen LogP) is 2.84. The van der Waals surface area contributed by atoms with Gasteiger partial charge in [0.05, 0.1) is 0 Å². The molecule has 0 fully saturated rings. The van der Waals surface area contributed by atoms with Gasteiger partial charge in [0.1, 0.15) is 7.85 Å². The molecular formula is C11H22BN. The summed E-state index contributed by atoms with van der Waals surface area (Å²) in [4.78, 5) is 4.32. The Bertz CT molecular complexity index is 213. The zero-order valence-electron chi connectivity index (χ0n) is 10.1. The second kappa shape index (κ2) is 4.12. The van der Waals surface area contributed by atoms with Crippen molar-refractivity contribution in [1.29, 1.82) is 0 Å². The van der Waals surface area contributed by atoms with Gasteiger partial charge in [0.15, 0.2) is 0 Å². The number of allylic oxidation sites excluding steroid dienone is 1. The number of hydrogen-bond acceptors (Lipinski definition) is 1. The maximum Gasteiger partial charge on any atom is 0.115 e. The molecular weight excluding hydrogens is 157 g/mol. The lowest BCUT2D eigenvalue weighted by Crippen LogP contribution is -2.06. The van der Waals surface area contributed by atoms with Crippen LogP contribution in [-0.4, -0.2) is 14.1 Å². The fraction of sp³-hybridized carbons (Fsp3) is 0.727. The molecule has 74 valence electrons. The van der Waals surface area contributed by atoms with Gasteiger partial charge in [0, 0.05) is 12.4 Å². The van der Waals surface area contributed by atoms with Crippen LogP contribution in [0.5, 0.6) is 0 Å². The number of hydrogen-bond donors (Lipinski definition) is 0. The van der Waals surface area contributed by atoms with Gasteiger partial charge in [-0.1, -0.05) is 34.6 Å². The third-order valence-electron chi connectivity index (χ3n) is 1.91. The Morgan fingerprint density at radius 2 is 1.62 bits per heavy atom. The van der Waals surface area contributed by atoms with Gasteiger partial charge in [-0.25, -0.2) is 0 Å². The van der Waals surface area contributed by atoms with E-state index in [-0.39, 0.29) is 10.7 Å². The average Bonchev–Trinajstić information content (AvgIpc) is 1.82. The highest BCUT2D eigenvalue weighted by molar-refractivity contribution is 6.24. The van der Waals surface area contributed by atoms with Crippen LogP contribution in [0.25, 0.3) is 0 Å². The van der Waals surface area contributed by atoms with Gasteiger partial charge in [-0.05, 0) is 23.2 Å². The van der Waals surface area contributed by atoms with E-state index in [1.54, 1.807) is 0 Å². The van der Waals surface area contributed by atoms with E-state index in [9.17, 15) is 0 Å². The molecule has 0 radical (unpaired) electrons. The molecule has 13 heavy (non-hydrogen) atoms. The predicted molar refractivity (Wildman–Crippen MR) is 64.3 cm³/mol. The van der Waals surface area contributed by atoms with E-state index >= 15 is 0 Å². The van der Waals surface area contributed by atoms with Crippen molar-refractivity contribution in [2.75, 3.05) is 0 Å². The molecule has 0 aliphatic heterocycles. The fourth-order valence-corrected chi connectivity index (χ4v) is 0.566. The number of nitrogens with zero attached hydrogens (tertiary/aromatic N) is 1. The molecule has 0 unspecified atom stereocenters. The highest BCUT2D eigenvalue weighted by Gasteiger charge is 2.11. The monoisotopic (exact) mass is 179 g/mol. The van der Waals surface area contributed by atoms with E-state index in [1.165, 1.54) is 5.57 Å². The molecule has 0 spiro atoms. The van der Waals surface area contributed by atoms with Crippen LogP contribution < -0.4 is 0 Å². The van der Waals surface area contributed by atoms with E-state index in [1.807, 2.05) is 12.4 Å². The van der Waals surface area contributed by atoms with Crippen LogP contribution in [0.3, 0.4) is 0 Å². The zero-order valence-corrected chi connectivity index (χ0v) is 10.1. The maximum atomic E-state index is 4.32. The third-order valence-corrected chi connectivity index (χ3v) is 1.91. The molecule has 0 aromatic heterocycles. The van der Waals surface area contributed by atoms with Crippen LogP contribution in [0.1, 0.15) is 41.5 Å². The second-order valence-corrected chi connectivity index (χ2v) is 5.71. The summed E-state index contributed by atoms with van der Waals surface area (Å²) in [5.41, 5.74) is 1.54. The van der Waals surface area contributed by atoms with E-state index in [4.69, 9.17) is 0 Å². The van der Waals surface area contributed by atoms with E-state index < -0.39 is 0 Å². The summed E-state index contributed by atoms with van der Waals surface area (Å²) in [5, 5.41) is 0.175. The third kappa shape index (κ3) is 6.62. The Morgan fingerprint density at radius 1 is 1.15 bits per heavy atom. The summed E-state index contributed by atoms with van der Waals surface area (Å²) in [5.74, 6) is 0. The van der Waals surface area contributed by atoms with Crippen LogP contribution in [-0.2, 0) is 0 Å². The first kappa shape index (κ1) is 12.5. The number of rotatable bonds is 2. The van der Waals surface area contributed by atoms with Crippen molar-refractivity contribution in [2.45, 2.75) is 46.9 Å². The van der Waals surface area contributed by atoms with Gasteiger partial charge in [0.25, 0.3) is 0 Å². The van der Waals surface area contributed by atoms with E-state index in [2.05, 4.69) is 54.4 Å². The Morgan fingerprint density at radius 3 is 1.92 bits per heavy atom. The van der Waals surface area contributed by atoms with Crippen molar-refractivity contribution in [1.82, 2.24) is 0 Å². The second-order valence-electron chi connectivity index (χ2n) is 5.71. The Balaban J connectivity index is 4.37. The first-order valence-electron chi connectivity index (χ1n) is 4.84. The minimum atomic E-state index is 0.175. The molecule has 0 saturated heterocycles. The van der Waals surface area contributed by atoms with E-state index in [0.29, 0.717) is 0 Å². The van der Waals surface area contributed by atoms with Gasteiger partial charge in [-0.2, -0.15) is 0 Å². The zero-order chi connectivity index (χ0) is 10.7. The summed E-state index contributed by atoms with van der Waals surface area (Å²) in [6.07, 6.45) is 3.95. The first-order valence-corrected chi connectivity index (χ1v) is 4.84. The molecule has 0 N–H and O–H groups in total. The SMILES string of the molecule is BC(C)(C)/C=N\C=C(\C)C(C)(C)C. The quantitative estimate of drug-likeness (QED) is 0.456. The summed E-state index contributed by atoms with van der Waals surface area (Å²) in [7, 11) is 2.15. The molecule has 0 aromatic carbocycles. The largest absolute Gasteiger partial charge is 0.269 e. The van der Waals surface area contributed by atoms with Crippen LogP contribution in [0, 0.1) is 5.41 Å². The molecule has 0 bridgehead atoms. The fourth-order valence-electron chi connectivity index (χ4n) is 0.566. The molecule has 0 aliphatic carbocycles. The van der Waals surface area contributed by atoms with Gasteiger partial charge in [-0.15, -0.1) is 0 Å². The Hall–Kier alpha value is -0.525. The highest BCUT2D eigenvalue weighted by Crippen LogP contribution is 2.24. The normalized spacial score (nSPS) is 15.4. The van der Waals surface area contributed by atoms with Crippen molar-refractivity contribution < 1.29 is 0 Å². The van der Waals surface area contributed by atoms with Crippen LogP contribution >= 0.6 is 0 Å². The van der Waals surface area contributed by atoms with E-state index in [0.717, 1.165) is 0 Å². The molecule has 1 nitrogen and oxygen atoms in total. The summed E-state index contributed by atoms with van der Waals surface area (Å²) >= 11 is 0. The topological polar surface area (TPSA) is 12.4 Å². The van der Waals surface area contributed by atoms with Crippen molar-refractivity contribution in [2.24, 2.45) is 10.4 Å². The Labute approximate surface area is 83.7 Å². The molecule has 0 rings (SSSR count). The van der Waals surface area contributed by atoms with Crippen molar-refractivity contribution in [3.8, 4) is 0 Å². The Kier molecular flexibility index (Phi) is 3.96. The number of aliphatic imine (C=N–C) groups is 1. The minimum absolute atomic E-state index is 0.175. The molecule has 0 saturated carbocycles. The van der Waals surface area contributed by atoms with Crippen molar-refractivity contribution >= 4 is 14.1 Å². The van der Waals surface area contributed by atoms with Crippen molar-refractivity contribution in [3.63, 3.8) is 0 Å². The van der Waals surface area contributed by atoms with Gasteiger partial charge >= 0.3 is 0 Å². The lowest BCUT2D eigenvalue weighted by molar-refractivity contribution is 0.502. The molecule has 0 aromatic rings. The highest BCUT2D eigenvalue weighted by atomic mass is 14.7. The van der Waals surface area contributed by atoms with Crippen LogP contribution in [0.2, 0.25) is 5.31 Å².